The molecule has 2 amide bonds. The lowest BCUT2D eigenvalue weighted by molar-refractivity contribution is -0.157. The molecule has 0 radical (unpaired) electrons. The Hall–Kier alpha value is -2.96. The number of ketones is 1. The number of Topliss-reactive ketones (excluding diaryl/α,β-unsaturated/α-hetero) is 1. The Labute approximate surface area is 156 Å². The highest BCUT2D eigenvalue weighted by Gasteiger charge is 2.50. The van der Waals surface area contributed by atoms with Crippen molar-refractivity contribution in [2.45, 2.75) is 25.8 Å². The van der Waals surface area contributed by atoms with Crippen LogP contribution in [0, 0.1) is 11.8 Å². The van der Waals surface area contributed by atoms with E-state index in [9.17, 15) is 19.2 Å². The minimum absolute atomic E-state index is 0.347. The summed E-state index contributed by atoms with van der Waals surface area (Å²) in [7, 11) is 1.52. The van der Waals surface area contributed by atoms with Gasteiger partial charge < -0.3 is 9.47 Å². The van der Waals surface area contributed by atoms with Gasteiger partial charge in [0.1, 0.15) is 11.8 Å². The van der Waals surface area contributed by atoms with Crippen molar-refractivity contribution in [3.63, 3.8) is 0 Å². The van der Waals surface area contributed by atoms with E-state index in [0.29, 0.717) is 24.2 Å². The zero-order chi connectivity index (χ0) is 19.6. The van der Waals surface area contributed by atoms with Crippen LogP contribution in [0.2, 0.25) is 0 Å². The van der Waals surface area contributed by atoms with Gasteiger partial charge in [-0.15, -0.1) is 0 Å². The molecule has 2 aliphatic rings. The number of hydrogen-bond acceptors (Lipinski definition) is 6. The van der Waals surface area contributed by atoms with E-state index in [4.69, 9.17) is 9.47 Å². The maximum absolute atomic E-state index is 12.5. The van der Waals surface area contributed by atoms with Gasteiger partial charge in [0.15, 0.2) is 12.4 Å². The molecule has 0 saturated carbocycles. The van der Waals surface area contributed by atoms with E-state index in [0.717, 1.165) is 4.90 Å². The summed E-state index contributed by atoms with van der Waals surface area (Å²) >= 11 is 0. The number of carbonyl (C=O) groups is 4. The number of likely N-dealkylation sites (tertiary alicyclic amines) is 1. The van der Waals surface area contributed by atoms with Gasteiger partial charge in [0.05, 0.1) is 18.9 Å². The standard InChI is InChI=1S/C20H21NO6/c1-12(21-18(23)15-5-3-4-6-16(15)19(21)24)20(25)27-11-17(22)13-7-9-14(26-2)10-8-13/h3-4,7-10,12,15-16H,5-6,11H2,1-2H3/t12-,15-,16-/m0/s1. The lowest BCUT2D eigenvalue weighted by Gasteiger charge is -2.21. The van der Waals surface area contributed by atoms with E-state index in [1.165, 1.54) is 14.0 Å². The number of benzene rings is 1. The van der Waals surface area contributed by atoms with E-state index in [1.54, 1.807) is 24.3 Å². The summed E-state index contributed by atoms with van der Waals surface area (Å²) in [5.74, 6) is -2.04. The minimum Gasteiger partial charge on any atom is -0.497 e. The predicted molar refractivity (Wildman–Crippen MR) is 95.0 cm³/mol. The Bertz CT molecular complexity index is 771. The lowest BCUT2D eigenvalue weighted by Crippen LogP contribution is -2.44. The van der Waals surface area contributed by atoms with E-state index < -0.39 is 30.5 Å². The van der Waals surface area contributed by atoms with E-state index >= 15 is 0 Å². The van der Waals surface area contributed by atoms with Crippen LogP contribution in [-0.4, -0.2) is 48.2 Å². The molecule has 1 aromatic carbocycles. The molecule has 1 saturated heterocycles. The molecule has 3 atom stereocenters. The lowest BCUT2D eigenvalue weighted by atomic mass is 9.85. The number of esters is 1. The Morgan fingerprint density at radius 3 is 2.15 bits per heavy atom. The quantitative estimate of drug-likeness (QED) is 0.328. The van der Waals surface area contributed by atoms with Crippen LogP contribution in [0.5, 0.6) is 5.75 Å². The van der Waals surface area contributed by atoms with Crippen molar-refractivity contribution in [3.05, 3.63) is 42.0 Å². The summed E-state index contributed by atoms with van der Waals surface area (Å²) in [6.45, 7) is 0.987. The van der Waals surface area contributed by atoms with Gasteiger partial charge in [-0.25, -0.2) is 4.79 Å². The summed E-state index contributed by atoms with van der Waals surface area (Å²) in [6.07, 6.45) is 4.77. The fourth-order valence-corrected chi connectivity index (χ4v) is 3.43. The first-order valence-electron chi connectivity index (χ1n) is 8.80. The number of rotatable bonds is 6. The molecule has 7 heteroatoms. The number of fused-ring (bicyclic) bond motifs is 1. The van der Waals surface area contributed by atoms with E-state index in [-0.39, 0.29) is 17.6 Å². The minimum atomic E-state index is -1.06. The van der Waals surface area contributed by atoms with Crippen molar-refractivity contribution in [2.75, 3.05) is 13.7 Å². The summed E-state index contributed by atoms with van der Waals surface area (Å²) in [5, 5.41) is 0. The van der Waals surface area contributed by atoms with Crippen LogP contribution >= 0.6 is 0 Å². The smallest absolute Gasteiger partial charge is 0.329 e. The first kappa shape index (κ1) is 18.8. The summed E-state index contributed by atoms with van der Waals surface area (Å²) in [5.41, 5.74) is 0.377. The molecule has 1 aliphatic heterocycles. The molecule has 27 heavy (non-hydrogen) atoms. The van der Waals surface area contributed by atoms with Gasteiger partial charge in [-0.3, -0.25) is 19.3 Å². The molecule has 0 spiro atoms. The molecule has 0 bridgehead atoms. The molecule has 0 N–H and O–H groups in total. The van der Waals surface area contributed by atoms with Gasteiger partial charge in [-0.2, -0.15) is 0 Å². The average molecular weight is 371 g/mol. The summed E-state index contributed by atoms with van der Waals surface area (Å²) < 4.78 is 10.1. The molecule has 1 fully saturated rings. The largest absolute Gasteiger partial charge is 0.497 e. The van der Waals surface area contributed by atoms with Crippen LogP contribution in [0.1, 0.15) is 30.1 Å². The Kier molecular flexibility index (Phi) is 5.39. The highest BCUT2D eigenvalue weighted by atomic mass is 16.5. The second-order valence-corrected chi connectivity index (χ2v) is 6.64. The van der Waals surface area contributed by atoms with Crippen molar-refractivity contribution in [2.24, 2.45) is 11.8 Å². The number of hydrogen-bond donors (Lipinski definition) is 0. The second-order valence-electron chi connectivity index (χ2n) is 6.64. The first-order valence-corrected chi connectivity index (χ1v) is 8.80. The van der Waals surface area contributed by atoms with Crippen molar-refractivity contribution in [3.8, 4) is 5.75 Å². The van der Waals surface area contributed by atoms with Gasteiger partial charge in [-0.1, -0.05) is 12.2 Å². The molecule has 0 aromatic heterocycles. The SMILES string of the molecule is COc1ccc(C(=O)COC(=O)[C@H](C)N2C(=O)[C@H]3CC=CC[C@@H]3C2=O)cc1. The maximum Gasteiger partial charge on any atom is 0.329 e. The molecule has 0 unspecified atom stereocenters. The zero-order valence-electron chi connectivity index (χ0n) is 15.2. The number of methoxy groups -OCH3 is 1. The number of ether oxygens (including phenoxy) is 2. The van der Waals surface area contributed by atoms with Gasteiger partial charge >= 0.3 is 5.97 Å². The molecule has 142 valence electrons. The number of imide groups is 1. The Morgan fingerprint density at radius 1 is 1.07 bits per heavy atom. The summed E-state index contributed by atoms with van der Waals surface area (Å²) in [6, 6.07) is 5.36. The van der Waals surface area contributed by atoms with Crippen LogP contribution in [-0.2, 0) is 19.1 Å². The van der Waals surface area contributed by atoms with Crippen molar-refractivity contribution >= 4 is 23.6 Å². The van der Waals surface area contributed by atoms with Crippen molar-refractivity contribution in [1.82, 2.24) is 4.90 Å². The van der Waals surface area contributed by atoms with E-state index in [1.807, 2.05) is 12.2 Å². The Balaban J connectivity index is 1.59. The number of amides is 2. The van der Waals surface area contributed by atoms with Crippen LogP contribution in [0.3, 0.4) is 0 Å². The third-order valence-electron chi connectivity index (χ3n) is 5.03. The highest BCUT2D eigenvalue weighted by Crippen LogP contribution is 2.36. The fourth-order valence-electron chi connectivity index (χ4n) is 3.43. The molecule has 1 aliphatic carbocycles. The zero-order valence-corrected chi connectivity index (χ0v) is 15.2. The van der Waals surface area contributed by atoms with Gasteiger partial charge in [-0.05, 0) is 44.0 Å². The molecule has 1 aromatic rings. The maximum atomic E-state index is 12.5. The fraction of sp³-hybridized carbons (Fsp3) is 0.400. The second kappa shape index (κ2) is 7.73. The third-order valence-corrected chi connectivity index (χ3v) is 5.03. The molecule has 1 heterocycles. The van der Waals surface area contributed by atoms with Crippen LogP contribution in [0.4, 0.5) is 0 Å². The third kappa shape index (κ3) is 3.63. The van der Waals surface area contributed by atoms with Gasteiger partial charge in [0, 0.05) is 5.56 Å². The Morgan fingerprint density at radius 2 is 1.63 bits per heavy atom. The number of carbonyl (C=O) groups excluding carboxylic acids is 4. The first-order chi connectivity index (χ1) is 12.9. The summed E-state index contributed by atoms with van der Waals surface area (Å²) in [4.78, 5) is 50.4. The van der Waals surface area contributed by atoms with Crippen LogP contribution < -0.4 is 4.74 Å². The van der Waals surface area contributed by atoms with Gasteiger partial charge in [0.2, 0.25) is 11.8 Å². The number of nitrogens with zero attached hydrogens (tertiary/aromatic N) is 1. The topological polar surface area (TPSA) is 90.0 Å². The molecule has 7 nitrogen and oxygen atoms in total. The van der Waals surface area contributed by atoms with Crippen molar-refractivity contribution < 1.29 is 28.7 Å². The highest BCUT2D eigenvalue weighted by molar-refractivity contribution is 6.08. The van der Waals surface area contributed by atoms with Crippen LogP contribution in [0.25, 0.3) is 0 Å². The number of allylic oxidation sites excluding steroid dienone is 2. The van der Waals surface area contributed by atoms with E-state index in [2.05, 4.69) is 0 Å². The molecular formula is C20H21NO6. The van der Waals surface area contributed by atoms with Crippen LogP contribution in [0.15, 0.2) is 36.4 Å². The average Bonchev–Trinajstić information content (AvgIpc) is 2.96. The van der Waals surface area contributed by atoms with Gasteiger partial charge in [0.25, 0.3) is 0 Å². The van der Waals surface area contributed by atoms with Crippen molar-refractivity contribution in [1.29, 1.82) is 0 Å². The normalized spacial score (nSPS) is 22.4. The molecular weight excluding hydrogens is 350 g/mol. The molecule has 3 rings (SSSR count). The predicted octanol–water partition coefficient (Wildman–Crippen LogP) is 1.76. The monoisotopic (exact) mass is 371 g/mol.